The first-order chi connectivity index (χ1) is 11.7. The molecule has 2 aromatic carbocycles. The van der Waals surface area contributed by atoms with Crippen LogP contribution >= 0.6 is 0 Å². The number of carbonyl (C=O) groups is 1. The fraction of sp³-hybridized carbons (Fsp3) is 0.278. The highest BCUT2D eigenvalue weighted by molar-refractivity contribution is 7.92. The SMILES string of the molecule is COc1ccc([C@H]2[C@@H](S(=O)(=O)c3ccc(C)cc3)[C@@]2(N)C(=O)O)cc1. The van der Waals surface area contributed by atoms with Gasteiger partial charge in [0, 0.05) is 5.92 Å². The zero-order valence-electron chi connectivity index (χ0n) is 13.8. The van der Waals surface area contributed by atoms with Crippen LogP contribution < -0.4 is 10.5 Å². The van der Waals surface area contributed by atoms with Crippen LogP contribution in [-0.4, -0.2) is 37.4 Å². The normalized spacial score (nSPS) is 25.4. The van der Waals surface area contributed by atoms with Gasteiger partial charge in [0.1, 0.15) is 16.5 Å². The van der Waals surface area contributed by atoms with Gasteiger partial charge in [-0.1, -0.05) is 29.8 Å². The van der Waals surface area contributed by atoms with Crippen molar-refractivity contribution in [2.75, 3.05) is 7.11 Å². The predicted octanol–water partition coefficient (Wildman–Crippen LogP) is 1.73. The molecule has 132 valence electrons. The van der Waals surface area contributed by atoms with Gasteiger partial charge in [0.2, 0.25) is 0 Å². The topological polar surface area (TPSA) is 107 Å². The Labute approximate surface area is 146 Å². The molecule has 0 aromatic heterocycles. The smallest absolute Gasteiger partial charge is 0.325 e. The predicted molar refractivity (Wildman–Crippen MR) is 92.4 cm³/mol. The molecule has 6 nitrogen and oxygen atoms in total. The van der Waals surface area contributed by atoms with E-state index in [1.54, 1.807) is 36.4 Å². The highest BCUT2D eigenvalue weighted by Crippen LogP contribution is 2.55. The van der Waals surface area contributed by atoms with Crippen molar-refractivity contribution in [2.45, 2.75) is 28.5 Å². The molecular formula is C18H19NO5S. The Morgan fingerprint density at radius 2 is 1.68 bits per heavy atom. The van der Waals surface area contributed by atoms with E-state index in [9.17, 15) is 18.3 Å². The molecule has 1 saturated carbocycles. The standard InChI is InChI=1S/C18H19NO5S/c1-11-3-9-14(10-4-11)25(22,23)16-15(18(16,19)17(20)21)12-5-7-13(24-2)8-6-12/h3-10,15-16H,19H2,1-2H3,(H,20,21)/t15-,16+,18+/m0/s1. The molecule has 1 aliphatic carbocycles. The van der Waals surface area contributed by atoms with Gasteiger partial charge in [0.25, 0.3) is 0 Å². The molecule has 0 amide bonds. The number of carboxylic acid groups (broad SMARTS) is 1. The van der Waals surface area contributed by atoms with E-state index in [1.807, 2.05) is 6.92 Å². The van der Waals surface area contributed by atoms with Crippen molar-refractivity contribution in [1.82, 2.24) is 0 Å². The number of nitrogens with two attached hydrogens (primary N) is 1. The van der Waals surface area contributed by atoms with Crippen LogP contribution in [-0.2, 0) is 14.6 Å². The van der Waals surface area contributed by atoms with Gasteiger partial charge in [-0.05, 0) is 36.8 Å². The molecule has 0 radical (unpaired) electrons. The highest BCUT2D eigenvalue weighted by atomic mass is 32.2. The number of sulfone groups is 1. The zero-order chi connectivity index (χ0) is 18.4. The van der Waals surface area contributed by atoms with Gasteiger partial charge >= 0.3 is 5.97 Å². The Hall–Kier alpha value is -2.38. The van der Waals surface area contributed by atoms with Crippen molar-refractivity contribution in [3.05, 3.63) is 59.7 Å². The summed E-state index contributed by atoms with van der Waals surface area (Å²) in [5.41, 5.74) is 5.65. The molecule has 0 unspecified atom stereocenters. The summed E-state index contributed by atoms with van der Waals surface area (Å²) in [6.07, 6.45) is 0. The highest BCUT2D eigenvalue weighted by Gasteiger charge is 2.74. The lowest BCUT2D eigenvalue weighted by molar-refractivity contribution is -0.139. The van der Waals surface area contributed by atoms with E-state index in [2.05, 4.69) is 0 Å². The molecule has 0 heterocycles. The number of rotatable bonds is 5. The minimum absolute atomic E-state index is 0.0789. The van der Waals surface area contributed by atoms with Crippen molar-refractivity contribution < 1.29 is 23.1 Å². The van der Waals surface area contributed by atoms with Crippen LogP contribution in [0.1, 0.15) is 17.0 Å². The van der Waals surface area contributed by atoms with E-state index in [-0.39, 0.29) is 4.90 Å². The number of aryl methyl sites for hydroxylation is 1. The van der Waals surface area contributed by atoms with Gasteiger partial charge in [-0.15, -0.1) is 0 Å². The van der Waals surface area contributed by atoms with Gasteiger partial charge < -0.3 is 15.6 Å². The lowest BCUT2D eigenvalue weighted by Crippen LogP contribution is -2.39. The third kappa shape index (κ3) is 2.69. The molecule has 25 heavy (non-hydrogen) atoms. The number of hydrogen-bond donors (Lipinski definition) is 2. The van der Waals surface area contributed by atoms with Crippen LogP contribution in [0.5, 0.6) is 5.75 Å². The van der Waals surface area contributed by atoms with E-state index in [1.165, 1.54) is 19.2 Å². The average molecular weight is 361 g/mol. The number of methoxy groups -OCH3 is 1. The lowest BCUT2D eigenvalue weighted by atomic mass is 10.1. The summed E-state index contributed by atoms with van der Waals surface area (Å²) >= 11 is 0. The van der Waals surface area contributed by atoms with E-state index in [0.29, 0.717) is 11.3 Å². The third-order valence-corrected chi connectivity index (χ3v) is 6.97. The molecule has 2 aromatic rings. The monoisotopic (exact) mass is 361 g/mol. The second kappa shape index (κ2) is 5.86. The summed E-state index contributed by atoms with van der Waals surface area (Å²) in [5, 5.41) is 8.34. The van der Waals surface area contributed by atoms with Crippen LogP contribution in [0, 0.1) is 6.92 Å². The molecule has 0 aliphatic heterocycles. The fourth-order valence-electron chi connectivity index (χ4n) is 3.20. The number of ether oxygens (including phenoxy) is 1. The van der Waals surface area contributed by atoms with Crippen molar-refractivity contribution in [3.8, 4) is 5.75 Å². The molecule has 0 bridgehead atoms. The zero-order valence-corrected chi connectivity index (χ0v) is 14.7. The van der Waals surface area contributed by atoms with Gasteiger partial charge in [-0.3, -0.25) is 4.79 Å². The average Bonchev–Trinajstić information content (AvgIpc) is 3.24. The summed E-state index contributed by atoms with van der Waals surface area (Å²) in [6, 6.07) is 12.9. The van der Waals surface area contributed by atoms with Crippen LogP contribution in [0.4, 0.5) is 0 Å². The van der Waals surface area contributed by atoms with Gasteiger partial charge in [-0.25, -0.2) is 8.42 Å². The Bertz CT molecular complexity index is 905. The van der Waals surface area contributed by atoms with E-state index < -0.39 is 32.5 Å². The van der Waals surface area contributed by atoms with Crippen molar-refractivity contribution in [3.63, 3.8) is 0 Å². The molecule has 1 fully saturated rings. The first-order valence-corrected chi connectivity index (χ1v) is 9.24. The minimum Gasteiger partial charge on any atom is -0.497 e. The second-order valence-corrected chi connectivity index (χ2v) is 8.34. The maximum atomic E-state index is 13.0. The van der Waals surface area contributed by atoms with Crippen LogP contribution in [0.2, 0.25) is 0 Å². The number of hydrogen-bond acceptors (Lipinski definition) is 5. The first kappa shape index (κ1) is 17.4. The maximum absolute atomic E-state index is 13.0. The van der Waals surface area contributed by atoms with Crippen molar-refractivity contribution in [2.24, 2.45) is 5.73 Å². The van der Waals surface area contributed by atoms with Gasteiger partial charge in [-0.2, -0.15) is 0 Å². The third-order valence-electron chi connectivity index (χ3n) is 4.71. The molecule has 7 heteroatoms. The van der Waals surface area contributed by atoms with E-state index >= 15 is 0 Å². The fourth-order valence-corrected chi connectivity index (χ4v) is 5.43. The van der Waals surface area contributed by atoms with Gasteiger partial charge in [0.05, 0.1) is 12.0 Å². The van der Waals surface area contributed by atoms with Crippen molar-refractivity contribution in [1.29, 1.82) is 0 Å². The van der Waals surface area contributed by atoms with Crippen LogP contribution in [0.3, 0.4) is 0 Å². The Kier molecular flexibility index (Phi) is 4.09. The molecular weight excluding hydrogens is 342 g/mol. The lowest BCUT2D eigenvalue weighted by Gasteiger charge is -2.07. The summed E-state index contributed by atoms with van der Waals surface area (Å²) in [5.74, 6) is -1.54. The summed E-state index contributed by atoms with van der Waals surface area (Å²) < 4.78 is 31.0. The summed E-state index contributed by atoms with van der Waals surface area (Å²) in [7, 11) is -2.37. The Morgan fingerprint density at radius 3 is 2.16 bits per heavy atom. The Morgan fingerprint density at radius 1 is 1.12 bits per heavy atom. The molecule has 3 atom stereocenters. The van der Waals surface area contributed by atoms with Crippen LogP contribution in [0.15, 0.2) is 53.4 Å². The molecule has 3 N–H and O–H groups in total. The number of aliphatic carboxylic acids is 1. The molecule has 0 saturated heterocycles. The van der Waals surface area contributed by atoms with Crippen LogP contribution in [0.25, 0.3) is 0 Å². The Balaban J connectivity index is 2.03. The number of benzene rings is 2. The molecule has 3 rings (SSSR count). The summed E-state index contributed by atoms with van der Waals surface area (Å²) in [4.78, 5) is 11.8. The first-order valence-electron chi connectivity index (χ1n) is 7.69. The minimum atomic E-state index is -3.89. The molecule has 0 spiro atoms. The quantitative estimate of drug-likeness (QED) is 0.840. The molecule has 1 aliphatic rings. The van der Waals surface area contributed by atoms with Crippen molar-refractivity contribution >= 4 is 15.8 Å². The number of carboxylic acids is 1. The van der Waals surface area contributed by atoms with E-state index in [4.69, 9.17) is 10.5 Å². The second-order valence-electron chi connectivity index (χ2n) is 6.27. The maximum Gasteiger partial charge on any atom is 0.325 e. The largest absolute Gasteiger partial charge is 0.497 e. The van der Waals surface area contributed by atoms with Gasteiger partial charge in [0.15, 0.2) is 9.84 Å². The summed E-state index contributed by atoms with van der Waals surface area (Å²) in [6.45, 7) is 1.85. The van der Waals surface area contributed by atoms with E-state index in [0.717, 1.165) is 5.56 Å².